The number of hydrogen-bond donors (Lipinski definition) is 2. The van der Waals surface area contributed by atoms with Gasteiger partial charge in [-0.1, -0.05) is 35.9 Å². The van der Waals surface area contributed by atoms with Gasteiger partial charge < -0.3 is 14.9 Å². The second kappa shape index (κ2) is 6.95. The summed E-state index contributed by atoms with van der Waals surface area (Å²) in [6.07, 6.45) is -7.96. The van der Waals surface area contributed by atoms with Gasteiger partial charge in [0.05, 0.1) is 0 Å². The van der Waals surface area contributed by atoms with Crippen molar-refractivity contribution in [3.8, 4) is 5.75 Å². The van der Waals surface area contributed by atoms with Crippen LogP contribution in [0.2, 0.25) is 5.02 Å². The number of hydrogen-bond acceptors (Lipinski definition) is 3. The molecule has 1 unspecified atom stereocenters. The fourth-order valence-electron chi connectivity index (χ4n) is 2.89. The molecule has 1 atom stereocenters. The summed E-state index contributed by atoms with van der Waals surface area (Å²) >= 11 is 6.28. The molecule has 0 saturated heterocycles. The molecule has 1 heterocycles. The van der Waals surface area contributed by atoms with E-state index in [4.69, 9.17) is 16.3 Å². The number of benzene rings is 2. The zero-order valence-corrected chi connectivity index (χ0v) is 14.5. The van der Waals surface area contributed by atoms with Crippen molar-refractivity contribution in [2.24, 2.45) is 0 Å². The summed E-state index contributed by atoms with van der Waals surface area (Å²) in [4.78, 5) is 0. The van der Waals surface area contributed by atoms with Gasteiger partial charge in [0.25, 0.3) is 0 Å². The molecule has 1 aliphatic heterocycles. The van der Waals surface area contributed by atoms with Gasteiger partial charge in [0, 0.05) is 16.2 Å². The molecule has 2 aromatic carbocycles. The molecule has 3 nitrogen and oxygen atoms in total. The average Bonchev–Trinajstić information content (AvgIpc) is 2.55. The predicted molar refractivity (Wildman–Crippen MR) is 92.1 cm³/mol. The topological polar surface area (TPSA) is 49.7 Å². The Bertz CT molecular complexity index is 860. The monoisotopic (exact) mass is 384 g/mol. The van der Waals surface area contributed by atoms with Crippen LogP contribution in [0.1, 0.15) is 22.3 Å². The first-order chi connectivity index (χ1) is 12.2. The molecule has 2 aromatic rings. The Labute approximate surface area is 153 Å². The summed E-state index contributed by atoms with van der Waals surface area (Å²) in [5.41, 5.74) is 2.27. The highest BCUT2D eigenvalue weighted by Gasteiger charge is 2.47. The molecule has 26 heavy (non-hydrogen) atoms. The second-order valence-electron chi connectivity index (χ2n) is 6.14. The number of halogens is 4. The molecule has 3 rings (SSSR count). The van der Waals surface area contributed by atoms with Crippen LogP contribution < -0.4 is 4.74 Å². The number of ether oxygens (including phenoxy) is 1. The number of alkyl halides is 3. The van der Waals surface area contributed by atoms with Gasteiger partial charge in [-0.05, 0) is 48.2 Å². The molecule has 7 heteroatoms. The summed E-state index contributed by atoms with van der Waals surface area (Å²) < 4.78 is 44.7. The van der Waals surface area contributed by atoms with Crippen LogP contribution in [0.3, 0.4) is 0 Å². The third-order valence-corrected chi connectivity index (χ3v) is 4.64. The van der Waals surface area contributed by atoms with Crippen LogP contribution >= 0.6 is 11.6 Å². The lowest BCUT2D eigenvalue weighted by Crippen LogP contribution is -2.41. The third-order valence-electron chi connectivity index (χ3n) is 4.29. The van der Waals surface area contributed by atoms with Gasteiger partial charge in [0.1, 0.15) is 5.75 Å². The van der Waals surface area contributed by atoms with E-state index in [1.807, 2.05) is 31.2 Å². The summed E-state index contributed by atoms with van der Waals surface area (Å²) in [7, 11) is 0. The van der Waals surface area contributed by atoms with Crippen LogP contribution in [0.25, 0.3) is 6.08 Å². The molecule has 0 fully saturated rings. The normalized spacial score (nSPS) is 16.9. The molecule has 0 radical (unpaired) electrons. The smallest absolute Gasteiger partial charge is 0.429 e. The standard InChI is InChI=1S/C19H16ClF3O3/c1-10-4-2-3-5-11(10)6-12-9-16-13(8-15(12)20)7-14(18(24)25)17(26-16)19(21,22)23/h2-5,7-9,17-18,24-25H,6H2,1H3. The first-order valence-electron chi connectivity index (χ1n) is 7.84. The van der Waals surface area contributed by atoms with E-state index in [1.54, 1.807) is 0 Å². The lowest BCUT2D eigenvalue weighted by Gasteiger charge is -2.30. The van der Waals surface area contributed by atoms with Crippen molar-refractivity contribution in [3.05, 3.63) is 69.2 Å². The molecule has 1 aliphatic rings. The van der Waals surface area contributed by atoms with Crippen LogP contribution in [0.4, 0.5) is 13.2 Å². The first kappa shape index (κ1) is 18.8. The van der Waals surface area contributed by atoms with E-state index in [1.165, 1.54) is 12.1 Å². The molecular formula is C19H16ClF3O3. The SMILES string of the molecule is Cc1ccccc1Cc1cc2c(cc1Cl)C=C(C(O)O)C(C(F)(F)F)O2. The van der Waals surface area contributed by atoms with Crippen LogP contribution in [0, 0.1) is 6.92 Å². The molecule has 2 N–H and O–H groups in total. The van der Waals surface area contributed by atoms with E-state index >= 15 is 0 Å². The van der Waals surface area contributed by atoms with E-state index in [0.29, 0.717) is 17.0 Å². The van der Waals surface area contributed by atoms with Crippen LogP contribution in [-0.2, 0) is 6.42 Å². The Balaban J connectivity index is 2.02. The second-order valence-corrected chi connectivity index (χ2v) is 6.55. The third kappa shape index (κ3) is 3.72. The van der Waals surface area contributed by atoms with E-state index in [0.717, 1.165) is 17.2 Å². The van der Waals surface area contributed by atoms with Crippen LogP contribution in [-0.4, -0.2) is 28.8 Å². The Morgan fingerprint density at radius 3 is 2.46 bits per heavy atom. The Hall–Kier alpha value is -2.02. The Morgan fingerprint density at radius 2 is 1.85 bits per heavy atom. The average molecular weight is 385 g/mol. The molecule has 0 saturated carbocycles. The lowest BCUT2D eigenvalue weighted by atomic mass is 9.96. The van der Waals surface area contributed by atoms with Crippen molar-refractivity contribution in [1.82, 2.24) is 0 Å². The quantitative estimate of drug-likeness (QED) is 0.777. The maximum Gasteiger partial charge on any atom is 0.429 e. The zero-order valence-electron chi connectivity index (χ0n) is 13.7. The summed E-state index contributed by atoms with van der Waals surface area (Å²) in [6.45, 7) is 1.94. The van der Waals surface area contributed by atoms with Gasteiger partial charge in [-0.3, -0.25) is 0 Å². The maximum atomic E-state index is 13.2. The number of rotatable bonds is 3. The number of aliphatic hydroxyl groups is 2. The van der Waals surface area contributed by atoms with Gasteiger partial charge in [-0.25, -0.2) is 0 Å². The highest BCUT2D eigenvalue weighted by Crippen LogP contribution is 2.40. The van der Waals surface area contributed by atoms with Gasteiger partial charge in [0.2, 0.25) is 6.10 Å². The molecule has 0 spiro atoms. The molecule has 0 aromatic heterocycles. The van der Waals surface area contributed by atoms with E-state index in [2.05, 4.69) is 0 Å². The largest absolute Gasteiger partial charge is 0.476 e. The van der Waals surface area contributed by atoms with Crippen molar-refractivity contribution in [1.29, 1.82) is 0 Å². The van der Waals surface area contributed by atoms with Crippen molar-refractivity contribution in [2.75, 3.05) is 0 Å². The van der Waals surface area contributed by atoms with E-state index in [9.17, 15) is 23.4 Å². The highest BCUT2D eigenvalue weighted by molar-refractivity contribution is 6.31. The molecule has 138 valence electrons. The molecular weight excluding hydrogens is 369 g/mol. The molecule has 0 amide bonds. The van der Waals surface area contributed by atoms with Gasteiger partial charge in [-0.2, -0.15) is 13.2 Å². The predicted octanol–water partition coefficient (Wildman–Crippen LogP) is 4.26. The van der Waals surface area contributed by atoms with Gasteiger partial charge in [-0.15, -0.1) is 0 Å². The highest BCUT2D eigenvalue weighted by atomic mass is 35.5. The molecule has 0 aliphatic carbocycles. The van der Waals surface area contributed by atoms with Crippen molar-refractivity contribution >= 4 is 17.7 Å². The number of aliphatic hydroxyl groups excluding tert-OH is 1. The van der Waals surface area contributed by atoms with Gasteiger partial charge >= 0.3 is 6.18 Å². The van der Waals surface area contributed by atoms with Crippen LogP contribution in [0.5, 0.6) is 5.75 Å². The van der Waals surface area contributed by atoms with Crippen molar-refractivity contribution in [3.63, 3.8) is 0 Å². The zero-order chi connectivity index (χ0) is 19.1. The minimum Gasteiger partial charge on any atom is -0.476 e. The van der Waals surface area contributed by atoms with Crippen LogP contribution in [0.15, 0.2) is 42.0 Å². The Kier molecular flexibility index (Phi) is 5.01. The van der Waals surface area contributed by atoms with Gasteiger partial charge in [0.15, 0.2) is 6.29 Å². The fourth-order valence-corrected chi connectivity index (χ4v) is 3.13. The number of aryl methyl sites for hydroxylation is 1. The summed E-state index contributed by atoms with van der Waals surface area (Å²) in [5.74, 6) is 0.00436. The first-order valence-corrected chi connectivity index (χ1v) is 8.22. The molecule has 0 bridgehead atoms. The maximum absolute atomic E-state index is 13.2. The minimum absolute atomic E-state index is 0.00436. The number of fused-ring (bicyclic) bond motifs is 1. The lowest BCUT2D eigenvalue weighted by molar-refractivity contribution is -0.192. The fraction of sp³-hybridized carbons (Fsp3) is 0.263. The van der Waals surface area contributed by atoms with E-state index in [-0.39, 0.29) is 11.3 Å². The van der Waals surface area contributed by atoms with Crippen molar-refractivity contribution in [2.45, 2.75) is 31.9 Å². The summed E-state index contributed by atoms with van der Waals surface area (Å²) in [6, 6.07) is 10.6. The van der Waals surface area contributed by atoms with Crippen molar-refractivity contribution < 1.29 is 28.1 Å². The summed E-state index contributed by atoms with van der Waals surface area (Å²) in [5, 5.41) is 18.9. The minimum atomic E-state index is -4.77. The Morgan fingerprint density at radius 1 is 1.15 bits per heavy atom. The van der Waals surface area contributed by atoms with E-state index < -0.39 is 24.1 Å².